The Hall–Kier alpha value is -1.59. The highest BCUT2D eigenvalue weighted by atomic mass is 16.4. The number of nitrogens with zero attached hydrogens (tertiary/aromatic N) is 1. The second-order valence-electron chi connectivity index (χ2n) is 1.41. The van der Waals surface area contributed by atoms with E-state index in [-0.39, 0.29) is 0 Å². The molecule has 0 aromatic carbocycles. The molecule has 0 unspecified atom stereocenters. The van der Waals surface area contributed by atoms with Gasteiger partial charge in [0, 0.05) is 0 Å². The van der Waals surface area contributed by atoms with Gasteiger partial charge >= 0.3 is 11.9 Å². The third-order valence-corrected chi connectivity index (χ3v) is 0.676. The number of aliphatic carboxylic acids is 2. The highest BCUT2D eigenvalue weighted by molar-refractivity contribution is 6.38. The summed E-state index contributed by atoms with van der Waals surface area (Å²) in [4.78, 5) is 19.7. The molecular formula is C4H4NO5-. The molecular weight excluding hydrogens is 142 g/mol. The summed E-state index contributed by atoms with van der Waals surface area (Å²) in [5.74, 6) is -2.99. The molecule has 0 saturated carbocycles. The molecule has 10 heavy (non-hydrogen) atoms. The lowest BCUT2D eigenvalue weighted by molar-refractivity contribution is -0.137. The molecule has 0 aromatic heterocycles. The Kier molecular flexibility index (Phi) is 2.89. The summed E-state index contributed by atoms with van der Waals surface area (Å²) in [5, 5.41) is 27.6. The lowest BCUT2D eigenvalue weighted by Crippen LogP contribution is -2.16. The summed E-state index contributed by atoms with van der Waals surface area (Å²) in [7, 11) is 0. The molecule has 0 spiro atoms. The van der Waals surface area contributed by atoms with Gasteiger partial charge in [0.05, 0.1) is 6.42 Å². The van der Waals surface area contributed by atoms with Crippen LogP contribution in [0, 0.1) is 5.21 Å². The molecule has 0 amide bonds. The Bertz CT molecular complexity index is 184. The number of hydrogen-bond donors (Lipinski definition) is 2. The van der Waals surface area contributed by atoms with E-state index in [4.69, 9.17) is 10.2 Å². The van der Waals surface area contributed by atoms with Crippen LogP contribution in [0.5, 0.6) is 0 Å². The van der Waals surface area contributed by atoms with Crippen LogP contribution in [0.25, 0.3) is 0 Å². The van der Waals surface area contributed by atoms with Crippen LogP contribution < -0.4 is 0 Å². The average molecular weight is 146 g/mol. The zero-order valence-electron chi connectivity index (χ0n) is 4.77. The molecule has 0 aliphatic heterocycles. The maximum absolute atomic E-state index is 9.87. The quantitative estimate of drug-likeness (QED) is 0.411. The van der Waals surface area contributed by atoms with Gasteiger partial charge in [-0.3, -0.25) is 4.79 Å². The van der Waals surface area contributed by atoms with E-state index in [0.717, 1.165) is 0 Å². The predicted molar refractivity (Wildman–Crippen MR) is 30.7 cm³/mol. The summed E-state index contributed by atoms with van der Waals surface area (Å²) in [5.41, 5.74) is -0.896. The van der Waals surface area contributed by atoms with Crippen molar-refractivity contribution >= 4 is 17.7 Å². The van der Waals surface area contributed by atoms with Crippen LogP contribution in [0.3, 0.4) is 0 Å². The minimum atomic E-state index is -1.60. The minimum Gasteiger partial charge on any atom is -0.792 e. The molecule has 56 valence electrons. The van der Waals surface area contributed by atoms with Gasteiger partial charge in [0.2, 0.25) is 0 Å². The molecule has 0 radical (unpaired) electrons. The Balaban J connectivity index is 4.12. The first kappa shape index (κ1) is 8.41. The fourth-order valence-corrected chi connectivity index (χ4v) is 0.290. The molecule has 0 fully saturated rings. The van der Waals surface area contributed by atoms with E-state index in [2.05, 4.69) is 0 Å². The molecule has 0 heterocycles. The van der Waals surface area contributed by atoms with Crippen molar-refractivity contribution in [3.05, 3.63) is 5.21 Å². The Morgan fingerprint density at radius 1 is 1.40 bits per heavy atom. The second-order valence-corrected chi connectivity index (χ2v) is 1.41. The lowest BCUT2D eigenvalue weighted by Gasteiger charge is -1.98. The fourth-order valence-electron chi connectivity index (χ4n) is 0.290. The third kappa shape index (κ3) is 2.65. The van der Waals surface area contributed by atoms with Crippen molar-refractivity contribution in [2.75, 3.05) is 0 Å². The first-order valence-corrected chi connectivity index (χ1v) is 2.22. The van der Waals surface area contributed by atoms with Crippen LogP contribution in [-0.4, -0.2) is 27.9 Å². The Morgan fingerprint density at radius 2 is 1.90 bits per heavy atom. The van der Waals surface area contributed by atoms with E-state index in [1.54, 1.807) is 0 Å². The molecule has 0 rings (SSSR count). The van der Waals surface area contributed by atoms with Gasteiger partial charge in [0.25, 0.3) is 0 Å². The third-order valence-electron chi connectivity index (χ3n) is 0.676. The van der Waals surface area contributed by atoms with Gasteiger partial charge in [-0.1, -0.05) is 0 Å². The van der Waals surface area contributed by atoms with E-state index in [1.807, 2.05) is 5.16 Å². The van der Waals surface area contributed by atoms with Crippen molar-refractivity contribution in [3.8, 4) is 0 Å². The van der Waals surface area contributed by atoms with E-state index in [0.29, 0.717) is 0 Å². The largest absolute Gasteiger partial charge is 0.792 e. The smallest absolute Gasteiger partial charge is 0.350 e. The number of carboxylic acid groups (broad SMARTS) is 2. The predicted octanol–water partition coefficient (Wildman–Crippen LogP) is -0.515. The van der Waals surface area contributed by atoms with Crippen LogP contribution in [-0.2, 0) is 9.59 Å². The van der Waals surface area contributed by atoms with Crippen LogP contribution in [0.2, 0.25) is 0 Å². The van der Waals surface area contributed by atoms with Gasteiger partial charge in [0.1, 0.15) is 5.71 Å². The number of carbonyl (C=O) groups is 2. The minimum absolute atomic E-state index is 0.848. The normalized spacial score (nSPS) is 11.0. The summed E-state index contributed by atoms with van der Waals surface area (Å²) in [6, 6.07) is 0. The van der Waals surface area contributed by atoms with Gasteiger partial charge in [-0.05, 0) is 0 Å². The Morgan fingerprint density at radius 3 is 2.00 bits per heavy atom. The molecule has 0 aliphatic rings. The molecule has 6 nitrogen and oxygen atoms in total. The molecule has 0 atom stereocenters. The maximum atomic E-state index is 9.87. The van der Waals surface area contributed by atoms with Crippen molar-refractivity contribution in [3.63, 3.8) is 0 Å². The zero-order valence-corrected chi connectivity index (χ0v) is 4.77. The summed E-state index contributed by atoms with van der Waals surface area (Å²) < 4.78 is 0. The molecule has 2 N–H and O–H groups in total. The number of rotatable bonds is 3. The first-order valence-electron chi connectivity index (χ1n) is 2.22. The number of carboxylic acids is 2. The van der Waals surface area contributed by atoms with Crippen LogP contribution >= 0.6 is 0 Å². The van der Waals surface area contributed by atoms with Crippen molar-refractivity contribution < 1.29 is 19.8 Å². The monoisotopic (exact) mass is 146 g/mol. The lowest BCUT2D eigenvalue weighted by atomic mass is 10.3. The first-order chi connectivity index (χ1) is 4.57. The van der Waals surface area contributed by atoms with Gasteiger partial charge < -0.3 is 20.6 Å². The zero-order chi connectivity index (χ0) is 8.15. The van der Waals surface area contributed by atoms with Crippen molar-refractivity contribution in [1.29, 1.82) is 0 Å². The SMILES string of the molecule is O=C(O)CC(=N[O-])C(=O)O. The van der Waals surface area contributed by atoms with Gasteiger partial charge in [-0.25, -0.2) is 4.79 Å². The molecule has 0 aliphatic carbocycles. The van der Waals surface area contributed by atoms with Gasteiger partial charge in [-0.2, -0.15) is 0 Å². The number of hydrogen-bond acceptors (Lipinski definition) is 4. The maximum Gasteiger partial charge on any atom is 0.350 e. The topological polar surface area (TPSA) is 110 Å². The fraction of sp³-hybridized carbons (Fsp3) is 0.250. The van der Waals surface area contributed by atoms with Crippen LogP contribution in [0.4, 0.5) is 0 Å². The van der Waals surface area contributed by atoms with Crippen molar-refractivity contribution in [2.45, 2.75) is 6.42 Å². The second kappa shape index (κ2) is 3.44. The summed E-state index contributed by atoms with van der Waals surface area (Å²) in [6.07, 6.45) is -0.848. The summed E-state index contributed by atoms with van der Waals surface area (Å²) >= 11 is 0. The summed E-state index contributed by atoms with van der Waals surface area (Å²) in [6.45, 7) is 0. The van der Waals surface area contributed by atoms with Crippen LogP contribution in [0.15, 0.2) is 5.16 Å². The molecule has 6 heteroatoms. The van der Waals surface area contributed by atoms with Crippen molar-refractivity contribution in [1.82, 2.24) is 0 Å². The highest BCUT2D eigenvalue weighted by Crippen LogP contribution is 1.86. The molecule has 0 aromatic rings. The van der Waals surface area contributed by atoms with E-state index in [1.165, 1.54) is 0 Å². The highest BCUT2D eigenvalue weighted by Gasteiger charge is 2.10. The molecule has 0 saturated heterocycles. The van der Waals surface area contributed by atoms with E-state index >= 15 is 0 Å². The van der Waals surface area contributed by atoms with Crippen LogP contribution in [0.1, 0.15) is 6.42 Å². The van der Waals surface area contributed by atoms with Gasteiger partial charge in [0.15, 0.2) is 0 Å². The van der Waals surface area contributed by atoms with E-state index < -0.39 is 24.1 Å². The van der Waals surface area contributed by atoms with E-state index in [9.17, 15) is 14.8 Å². The standard InChI is InChI=1S/C4H5NO5/c6-3(7)1-2(5-10)4(8)9/h10H,1H2,(H,6,7)(H,8,9)/p-1. The average Bonchev–Trinajstić information content (AvgIpc) is 1.81. The van der Waals surface area contributed by atoms with Crippen molar-refractivity contribution in [2.24, 2.45) is 5.16 Å². The molecule has 0 bridgehead atoms. The Labute approximate surface area is 55.4 Å². The van der Waals surface area contributed by atoms with Gasteiger partial charge in [-0.15, -0.1) is 0 Å².